The van der Waals surface area contributed by atoms with Crippen LogP contribution in [0.4, 0.5) is 4.79 Å². The van der Waals surface area contributed by atoms with Crippen LogP contribution < -0.4 is 5.73 Å². The summed E-state index contributed by atoms with van der Waals surface area (Å²) in [4.78, 5) is 14.0. The van der Waals surface area contributed by atoms with Gasteiger partial charge >= 0.3 is 6.09 Å². The molecule has 1 aliphatic rings. The van der Waals surface area contributed by atoms with Crippen molar-refractivity contribution in [2.24, 2.45) is 11.7 Å². The highest BCUT2D eigenvalue weighted by Gasteiger charge is 2.38. The van der Waals surface area contributed by atoms with E-state index < -0.39 is 5.60 Å². The van der Waals surface area contributed by atoms with Crippen molar-refractivity contribution >= 4 is 17.7 Å². The lowest BCUT2D eigenvalue weighted by Crippen LogP contribution is -2.35. The molecule has 4 nitrogen and oxygen atoms in total. The predicted octanol–water partition coefficient (Wildman–Crippen LogP) is 3.76. The molecule has 2 N–H and O–H groups in total. The number of nitrogens with two attached hydrogens (primary N) is 1. The van der Waals surface area contributed by atoms with E-state index in [0.717, 1.165) is 5.56 Å². The second kappa shape index (κ2) is 6.21. The molecule has 0 spiro atoms. The number of hydrogen-bond donors (Lipinski definition) is 1. The van der Waals surface area contributed by atoms with E-state index in [1.54, 1.807) is 4.90 Å². The zero-order chi connectivity index (χ0) is 16.5. The van der Waals surface area contributed by atoms with Crippen LogP contribution in [0.1, 0.15) is 32.3 Å². The first-order chi connectivity index (χ1) is 10.2. The molecule has 2 atom stereocenters. The van der Waals surface area contributed by atoms with Crippen LogP contribution in [-0.2, 0) is 4.74 Å². The number of halogens is 1. The fourth-order valence-corrected chi connectivity index (χ4v) is 2.93. The molecule has 1 aromatic rings. The topological polar surface area (TPSA) is 55.6 Å². The first kappa shape index (κ1) is 16.7. The average Bonchev–Trinajstić information content (AvgIpc) is 2.82. The van der Waals surface area contributed by atoms with Gasteiger partial charge in [-0.25, -0.2) is 4.79 Å². The molecule has 1 heterocycles. The average molecular weight is 323 g/mol. The van der Waals surface area contributed by atoms with E-state index in [2.05, 4.69) is 6.58 Å². The number of nitrogens with zero attached hydrogens (tertiary/aromatic N) is 1. The fourth-order valence-electron chi connectivity index (χ4n) is 2.73. The highest BCUT2D eigenvalue weighted by molar-refractivity contribution is 6.30. The van der Waals surface area contributed by atoms with Crippen molar-refractivity contribution in [3.05, 3.63) is 47.1 Å². The van der Waals surface area contributed by atoms with Crippen molar-refractivity contribution < 1.29 is 9.53 Å². The highest BCUT2D eigenvalue weighted by Crippen LogP contribution is 2.36. The van der Waals surface area contributed by atoms with Gasteiger partial charge in [0.05, 0.1) is 0 Å². The number of hydrogen-bond acceptors (Lipinski definition) is 3. The van der Waals surface area contributed by atoms with Crippen molar-refractivity contribution in [1.29, 1.82) is 0 Å². The Hall–Kier alpha value is -1.68. The SMILES string of the molecule is C=C(N)C1CN(C(=O)OC(C)(C)C)CC1c1cccc(Cl)c1. The largest absolute Gasteiger partial charge is 0.444 e. The van der Waals surface area contributed by atoms with Gasteiger partial charge in [-0.1, -0.05) is 30.3 Å². The Bertz CT molecular complexity index is 580. The van der Waals surface area contributed by atoms with E-state index in [9.17, 15) is 4.79 Å². The predicted molar refractivity (Wildman–Crippen MR) is 88.8 cm³/mol. The maximum Gasteiger partial charge on any atom is 0.410 e. The molecule has 0 radical (unpaired) electrons. The van der Waals surface area contributed by atoms with E-state index in [4.69, 9.17) is 22.1 Å². The van der Waals surface area contributed by atoms with Crippen LogP contribution >= 0.6 is 11.6 Å². The first-order valence-electron chi connectivity index (χ1n) is 7.35. The number of amides is 1. The minimum Gasteiger partial charge on any atom is -0.444 e. The van der Waals surface area contributed by atoms with Gasteiger partial charge < -0.3 is 15.4 Å². The second-order valence-electron chi connectivity index (χ2n) is 6.73. The van der Waals surface area contributed by atoms with Gasteiger partial charge in [0.1, 0.15) is 5.60 Å². The van der Waals surface area contributed by atoms with E-state index >= 15 is 0 Å². The molecule has 1 amide bonds. The zero-order valence-corrected chi connectivity index (χ0v) is 14.1. The summed E-state index contributed by atoms with van der Waals surface area (Å²) in [6.45, 7) is 10.5. The normalized spacial score (nSPS) is 21.7. The summed E-state index contributed by atoms with van der Waals surface area (Å²) in [6.07, 6.45) is -0.316. The Morgan fingerprint density at radius 2 is 2.09 bits per heavy atom. The molecule has 1 fully saturated rings. The molecule has 120 valence electrons. The van der Waals surface area contributed by atoms with Gasteiger partial charge in [-0.15, -0.1) is 0 Å². The van der Waals surface area contributed by atoms with Gasteiger partial charge in [0.15, 0.2) is 0 Å². The lowest BCUT2D eigenvalue weighted by atomic mass is 9.87. The molecule has 2 unspecified atom stereocenters. The van der Waals surface area contributed by atoms with E-state index in [-0.39, 0.29) is 17.9 Å². The second-order valence-corrected chi connectivity index (χ2v) is 7.16. The molecule has 0 aromatic heterocycles. The Balaban J connectivity index is 2.20. The van der Waals surface area contributed by atoms with Crippen LogP contribution in [0.2, 0.25) is 5.02 Å². The van der Waals surface area contributed by atoms with Crippen LogP contribution in [0.3, 0.4) is 0 Å². The number of carbonyl (C=O) groups is 1. The zero-order valence-electron chi connectivity index (χ0n) is 13.3. The van der Waals surface area contributed by atoms with E-state index in [0.29, 0.717) is 23.8 Å². The van der Waals surface area contributed by atoms with Gasteiger partial charge in [-0.3, -0.25) is 0 Å². The van der Waals surface area contributed by atoms with Gasteiger partial charge in [-0.05, 0) is 38.5 Å². The summed E-state index contributed by atoms with van der Waals surface area (Å²) in [7, 11) is 0. The van der Waals surface area contributed by atoms with E-state index in [1.807, 2.05) is 45.0 Å². The molecular formula is C17H23ClN2O2. The van der Waals surface area contributed by atoms with Crippen LogP contribution in [0.25, 0.3) is 0 Å². The molecule has 0 bridgehead atoms. The minimum atomic E-state index is -0.513. The molecular weight excluding hydrogens is 300 g/mol. The molecule has 22 heavy (non-hydrogen) atoms. The molecule has 5 heteroatoms. The molecule has 1 saturated heterocycles. The number of rotatable bonds is 2. The summed E-state index contributed by atoms with van der Waals surface area (Å²) in [5.74, 6) is 0.0923. The monoisotopic (exact) mass is 322 g/mol. The van der Waals surface area contributed by atoms with Gasteiger partial charge in [0, 0.05) is 35.6 Å². The summed E-state index contributed by atoms with van der Waals surface area (Å²) < 4.78 is 5.45. The van der Waals surface area contributed by atoms with Crippen LogP contribution in [0, 0.1) is 5.92 Å². The minimum absolute atomic E-state index is 0.00554. The highest BCUT2D eigenvalue weighted by atomic mass is 35.5. The number of likely N-dealkylation sites (tertiary alicyclic amines) is 1. The van der Waals surface area contributed by atoms with Crippen molar-refractivity contribution in [2.45, 2.75) is 32.3 Å². The van der Waals surface area contributed by atoms with Gasteiger partial charge in [0.2, 0.25) is 0 Å². The van der Waals surface area contributed by atoms with Crippen molar-refractivity contribution in [1.82, 2.24) is 4.90 Å². The third kappa shape index (κ3) is 3.95. The Morgan fingerprint density at radius 3 is 2.64 bits per heavy atom. The van der Waals surface area contributed by atoms with Crippen LogP contribution in [-0.4, -0.2) is 29.7 Å². The number of ether oxygens (including phenoxy) is 1. The van der Waals surface area contributed by atoms with Crippen molar-refractivity contribution in [3.63, 3.8) is 0 Å². The van der Waals surface area contributed by atoms with Gasteiger partial charge in [-0.2, -0.15) is 0 Å². The molecule has 1 aliphatic heterocycles. The summed E-state index contributed by atoms with van der Waals surface area (Å²) in [5, 5.41) is 0.676. The summed E-state index contributed by atoms with van der Waals surface area (Å²) in [6, 6.07) is 7.66. The Kier molecular flexibility index (Phi) is 4.71. The van der Waals surface area contributed by atoms with Gasteiger partial charge in [0.25, 0.3) is 0 Å². The maximum absolute atomic E-state index is 12.3. The third-order valence-electron chi connectivity index (χ3n) is 3.72. The smallest absolute Gasteiger partial charge is 0.410 e. The quantitative estimate of drug-likeness (QED) is 0.902. The molecule has 2 rings (SSSR count). The molecule has 1 aromatic carbocycles. The molecule has 0 aliphatic carbocycles. The van der Waals surface area contributed by atoms with Crippen molar-refractivity contribution in [2.75, 3.05) is 13.1 Å². The van der Waals surface area contributed by atoms with E-state index in [1.165, 1.54) is 0 Å². The lowest BCUT2D eigenvalue weighted by Gasteiger charge is -2.24. The first-order valence-corrected chi connectivity index (χ1v) is 7.73. The van der Waals surface area contributed by atoms with Crippen LogP contribution in [0.15, 0.2) is 36.5 Å². The lowest BCUT2D eigenvalue weighted by molar-refractivity contribution is 0.0288. The Morgan fingerprint density at radius 1 is 1.41 bits per heavy atom. The Labute approximate surface area is 136 Å². The molecule has 0 saturated carbocycles. The number of benzene rings is 1. The standard InChI is InChI=1S/C17H23ClN2O2/c1-11(19)14-9-20(16(21)22-17(2,3)4)10-15(14)12-6-5-7-13(18)8-12/h5-8,14-15H,1,9-10,19H2,2-4H3. The third-order valence-corrected chi connectivity index (χ3v) is 3.96. The summed E-state index contributed by atoms with van der Waals surface area (Å²) in [5.41, 5.74) is 7.08. The fraction of sp³-hybridized carbons (Fsp3) is 0.471. The summed E-state index contributed by atoms with van der Waals surface area (Å²) >= 11 is 6.08. The van der Waals surface area contributed by atoms with Crippen LogP contribution in [0.5, 0.6) is 0 Å². The number of carbonyl (C=O) groups excluding carboxylic acids is 1. The van der Waals surface area contributed by atoms with Crippen molar-refractivity contribution in [3.8, 4) is 0 Å². The maximum atomic E-state index is 12.3.